The van der Waals surface area contributed by atoms with Crippen molar-refractivity contribution < 1.29 is 44.5 Å². The van der Waals surface area contributed by atoms with Crippen molar-refractivity contribution >= 4 is 5.97 Å². The summed E-state index contributed by atoms with van der Waals surface area (Å²) >= 11 is 0. The molecule has 10 heteroatoms. The van der Waals surface area contributed by atoms with Gasteiger partial charge in [-0.15, -0.1) is 0 Å². The Kier molecular flexibility index (Phi) is 7.15. The molecule has 15 atom stereocenters. The van der Waals surface area contributed by atoms with Crippen LogP contribution in [0.5, 0.6) is 0 Å². The molecule has 39 heavy (non-hydrogen) atoms. The van der Waals surface area contributed by atoms with Crippen molar-refractivity contribution in [1.29, 1.82) is 0 Å². The highest BCUT2D eigenvalue weighted by atomic mass is 16.7. The fourth-order valence-corrected chi connectivity index (χ4v) is 10.7. The lowest BCUT2D eigenvalue weighted by molar-refractivity contribution is -0.334. The van der Waals surface area contributed by atoms with Crippen LogP contribution >= 0.6 is 0 Å². The summed E-state index contributed by atoms with van der Waals surface area (Å²) in [5, 5.41) is 50.9. The van der Waals surface area contributed by atoms with E-state index < -0.39 is 55.1 Å². The summed E-state index contributed by atoms with van der Waals surface area (Å²) < 4.78 is 18.6. The predicted octanol–water partition coefficient (Wildman–Crippen LogP) is 1.36. The van der Waals surface area contributed by atoms with Crippen LogP contribution in [0.1, 0.15) is 78.1 Å². The SMILES string of the molecule is C[C@]12CC[C@H](O[C@@H]3O[C@@H](CO)[C@H](O)[C@@H](N)[C@H]3O)C[C@H]1CC[C@@H]1[C@@H]2CC[C@]2(C)[C@@H]3CC[C@]12O[C@@H](O)[C@H]3CC(=O)O. The fourth-order valence-electron chi connectivity index (χ4n) is 10.7. The number of rotatable bonds is 5. The van der Waals surface area contributed by atoms with Crippen LogP contribution in [0.15, 0.2) is 0 Å². The van der Waals surface area contributed by atoms with Gasteiger partial charge in [0.05, 0.1) is 30.8 Å². The molecule has 6 aliphatic rings. The third kappa shape index (κ3) is 4.07. The Morgan fingerprint density at radius 3 is 2.44 bits per heavy atom. The van der Waals surface area contributed by atoms with Gasteiger partial charge in [-0.1, -0.05) is 13.8 Å². The van der Waals surface area contributed by atoms with Gasteiger partial charge in [-0.2, -0.15) is 0 Å². The van der Waals surface area contributed by atoms with Gasteiger partial charge >= 0.3 is 5.97 Å². The maximum absolute atomic E-state index is 11.6. The van der Waals surface area contributed by atoms with E-state index in [4.69, 9.17) is 19.9 Å². The molecule has 0 aromatic heterocycles. The van der Waals surface area contributed by atoms with Gasteiger partial charge in [0.25, 0.3) is 0 Å². The van der Waals surface area contributed by atoms with Crippen LogP contribution in [-0.4, -0.2) is 86.7 Å². The largest absolute Gasteiger partial charge is 0.481 e. The molecule has 2 aliphatic heterocycles. The van der Waals surface area contributed by atoms with Gasteiger partial charge in [-0.05, 0) is 86.9 Å². The topological polar surface area (TPSA) is 172 Å². The Balaban J connectivity index is 1.17. The summed E-state index contributed by atoms with van der Waals surface area (Å²) in [6, 6.07) is -0.947. The lowest BCUT2D eigenvalue weighted by Crippen LogP contribution is -2.67. The number of hydrogen-bond acceptors (Lipinski definition) is 9. The number of nitrogens with two attached hydrogens (primary N) is 1. The number of aliphatic carboxylic acids is 1. The van der Waals surface area contributed by atoms with Crippen molar-refractivity contribution in [2.24, 2.45) is 46.2 Å². The van der Waals surface area contributed by atoms with Gasteiger partial charge in [0.15, 0.2) is 12.6 Å². The highest BCUT2D eigenvalue weighted by molar-refractivity contribution is 5.67. The molecule has 2 bridgehead atoms. The van der Waals surface area contributed by atoms with E-state index in [0.717, 1.165) is 57.8 Å². The minimum absolute atomic E-state index is 0.0465. The number of aliphatic hydroxyl groups is 4. The Morgan fingerprint density at radius 1 is 0.974 bits per heavy atom. The second kappa shape index (κ2) is 9.87. The predicted molar refractivity (Wildman–Crippen MR) is 138 cm³/mol. The Hall–Kier alpha value is -0.850. The average Bonchev–Trinajstić information content (AvgIpc) is 3.10. The number of hydrogen-bond donors (Lipinski definition) is 6. The minimum Gasteiger partial charge on any atom is -0.481 e. The van der Waals surface area contributed by atoms with Crippen LogP contribution in [0.25, 0.3) is 0 Å². The number of carboxylic acids is 1. The van der Waals surface area contributed by atoms with Crippen LogP contribution in [0, 0.1) is 40.4 Å². The first-order chi connectivity index (χ1) is 18.4. The van der Waals surface area contributed by atoms with E-state index in [1.165, 1.54) is 0 Å². The van der Waals surface area contributed by atoms with Crippen molar-refractivity contribution in [3.05, 3.63) is 0 Å². The van der Waals surface area contributed by atoms with Gasteiger partial charge in [0.1, 0.15) is 18.3 Å². The molecule has 4 saturated carbocycles. The van der Waals surface area contributed by atoms with Crippen LogP contribution in [0.3, 0.4) is 0 Å². The quantitative estimate of drug-likeness (QED) is 0.273. The van der Waals surface area contributed by atoms with Gasteiger partial charge in [0, 0.05) is 11.3 Å². The third-order valence-electron chi connectivity index (χ3n) is 12.7. The third-order valence-corrected chi connectivity index (χ3v) is 12.7. The molecule has 0 radical (unpaired) electrons. The van der Waals surface area contributed by atoms with E-state index in [1.807, 2.05) is 0 Å². The van der Waals surface area contributed by atoms with Gasteiger partial charge in [0.2, 0.25) is 0 Å². The molecule has 4 aliphatic carbocycles. The van der Waals surface area contributed by atoms with Crippen LogP contribution in [-0.2, 0) is 19.0 Å². The Morgan fingerprint density at radius 2 is 1.72 bits per heavy atom. The molecule has 6 rings (SSSR count). The van der Waals surface area contributed by atoms with E-state index in [0.29, 0.717) is 17.8 Å². The highest BCUT2D eigenvalue weighted by Crippen LogP contribution is 2.73. The lowest BCUT2D eigenvalue weighted by Gasteiger charge is -2.67. The van der Waals surface area contributed by atoms with Crippen molar-refractivity contribution in [1.82, 2.24) is 0 Å². The van der Waals surface area contributed by atoms with Gasteiger partial charge < -0.3 is 45.5 Å². The van der Waals surface area contributed by atoms with Crippen LogP contribution in [0.2, 0.25) is 0 Å². The lowest BCUT2D eigenvalue weighted by atomic mass is 9.42. The van der Waals surface area contributed by atoms with Crippen molar-refractivity contribution in [2.45, 2.75) is 127 Å². The fraction of sp³-hybridized carbons (Fsp3) is 0.966. The van der Waals surface area contributed by atoms with Crippen molar-refractivity contribution in [2.75, 3.05) is 6.61 Å². The monoisotopic (exact) mass is 553 g/mol. The van der Waals surface area contributed by atoms with E-state index in [2.05, 4.69) is 13.8 Å². The van der Waals surface area contributed by atoms with E-state index >= 15 is 0 Å². The minimum atomic E-state index is -1.17. The number of carboxylic acid groups (broad SMARTS) is 1. The van der Waals surface area contributed by atoms with Gasteiger partial charge in [-0.3, -0.25) is 4.79 Å². The number of aliphatic hydroxyl groups excluding tert-OH is 4. The summed E-state index contributed by atoms with van der Waals surface area (Å²) in [6.45, 7) is 4.33. The first-order valence-electron chi connectivity index (χ1n) is 15.1. The molecule has 0 aromatic rings. The van der Waals surface area contributed by atoms with Crippen molar-refractivity contribution in [3.8, 4) is 0 Å². The second-order valence-electron chi connectivity index (χ2n) is 14.1. The summed E-state index contributed by atoms with van der Waals surface area (Å²) in [7, 11) is 0. The smallest absolute Gasteiger partial charge is 0.303 e. The van der Waals surface area contributed by atoms with Crippen LogP contribution in [0.4, 0.5) is 0 Å². The molecule has 0 amide bonds. The molecule has 0 spiro atoms. The van der Waals surface area contributed by atoms with Crippen molar-refractivity contribution in [3.63, 3.8) is 0 Å². The number of carbonyl (C=O) groups is 1. The second-order valence-corrected chi connectivity index (χ2v) is 14.1. The zero-order chi connectivity index (χ0) is 27.9. The molecule has 222 valence electrons. The molecule has 0 aromatic carbocycles. The number of ether oxygens (including phenoxy) is 3. The maximum Gasteiger partial charge on any atom is 0.303 e. The molecular formula is C29H47NO9. The van der Waals surface area contributed by atoms with E-state index in [1.54, 1.807) is 0 Å². The molecular weight excluding hydrogens is 506 g/mol. The molecule has 10 nitrogen and oxygen atoms in total. The number of fused-ring (bicyclic) bond motifs is 3. The first kappa shape index (κ1) is 28.3. The van der Waals surface area contributed by atoms with E-state index in [9.17, 15) is 30.3 Å². The molecule has 2 heterocycles. The Bertz CT molecular complexity index is 950. The molecule has 6 fully saturated rings. The summed E-state index contributed by atoms with van der Waals surface area (Å²) in [5.74, 6) is 0.193. The van der Waals surface area contributed by atoms with Crippen LogP contribution < -0.4 is 5.73 Å². The zero-order valence-corrected chi connectivity index (χ0v) is 23.2. The summed E-state index contributed by atoms with van der Waals surface area (Å²) in [5.41, 5.74) is 5.59. The molecule has 2 saturated heterocycles. The Labute approximate surface area is 230 Å². The average molecular weight is 554 g/mol. The zero-order valence-electron chi connectivity index (χ0n) is 23.2. The maximum atomic E-state index is 11.6. The first-order valence-corrected chi connectivity index (χ1v) is 15.1. The summed E-state index contributed by atoms with van der Waals surface area (Å²) in [4.78, 5) is 11.6. The molecule has 7 N–H and O–H groups in total. The normalized spacial score (nSPS) is 56.8. The summed E-state index contributed by atoms with van der Waals surface area (Å²) in [6.07, 6.45) is 3.23. The highest BCUT2D eigenvalue weighted by Gasteiger charge is 2.72. The van der Waals surface area contributed by atoms with E-state index in [-0.39, 0.29) is 35.2 Å². The molecule has 0 unspecified atom stereocenters. The van der Waals surface area contributed by atoms with Gasteiger partial charge in [-0.25, -0.2) is 0 Å². The standard InChI is InChI=1S/C29H47NO9/c1-27-8-5-15(37-26-24(35)22(30)23(34)20(13-31)38-26)11-14(27)3-4-19-18(27)6-9-28(2)17-7-10-29(19,28)39-25(36)16(17)12-21(32)33/h14-20,22-26,31,34-36H,3-13,30H2,1-2H3,(H,32,33)/t14-,15+,16+,17-,18+,19-,20+,22-,23+,24-,25-,26-,27+,28-,29+/m1/s1.